The van der Waals surface area contributed by atoms with Crippen LogP contribution in [0.15, 0.2) is 0 Å². The van der Waals surface area contributed by atoms with Gasteiger partial charge in [-0.05, 0) is 0 Å². The zero-order chi connectivity index (χ0) is 5.86. The van der Waals surface area contributed by atoms with Crippen LogP contribution >= 0.6 is 22.6 Å². The number of hydrogen-bond acceptors (Lipinski definition) is 2. The van der Waals surface area contributed by atoms with Gasteiger partial charge < -0.3 is 10.2 Å². The highest BCUT2D eigenvalue weighted by Crippen LogP contribution is 1.96. The lowest BCUT2D eigenvalue weighted by Gasteiger charge is -1.93. The minimum atomic E-state index is -0.969. The highest BCUT2D eigenvalue weighted by atomic mass is 127. The van der Waals surface area contributed by atoms with Crippen LogP contribution in [0.2, 0.25) is 0 Å². The Morgan fingerprint density at radius 1 is 1.86 bits per heavy atom. The number of aliphatic hydroxyl groups excluding tert-OH is 1. The Morgan fingerprint density at radius 3 is 2.29 bits per heavy atom. The number of rotatable bonds is 2. The lowest BCUT2D eigenvalue weighted by Crippen LogP contribution is -2.15. The lowest BCUT2D eigenvalue weighted by atomic mass is 10.5. The molecule has 0 aliphatic carbocycles. The molecule has 0 aliphatic heterocycles. The van der Waals surface area contributed by atoms with Crippen LogP contribution in [0.3, 0.4) is 0 Å². The van der Waals surface area contributed by atoms with Gasteiger partial charge in [0.05, 0.1) is 6.61 Å². The van der Waals surface area contributed by atoms with E-state index in [2.05, 4.69) is 0 Å². The number of carboxylic acids is 1. The van der Waals surface area contributed by atoms with E-state index < -0.39 is 9.89 Å². The third-order valence-electron chi connectivity index (χ3n) is 0.428. The summed E-state index contributed by atoms with van der Waals surface area (Å²) in [7, 11) is 0. The summed E-state index contributed by atoms with van der Waals surface area (Å²) in [6.07, 6.45) is 0. The highest BCUT2D eigenvalue weighted by molar-refractivity contribution is 14.1. The SMILES string of the molecule is O=C(O)C(I)CO. The average Bonchev–Trinajstić information content (AvgIpc) is 1.65. The Balaban J connectivity index is 3.34. The predicted octanol–water partition coefficient (Wildman–Crippen LogP) is -0.133. The Morgan fingerprint density at radius 2 is 2.29 bits per heavy atom. The molecule has 0 bridgehead atoms. The minimum absolute atomic E-state index is 0.296. The first kappa shape index (κ1) is 7.16. The summed E-state index contributed by atoms with van der Waals surface area (Å²) >= 11 is 1.65. The number of carboxylic acid groups (broad SMARTS) is 1. The van der Waals surface area contributed by atoms with Crippen molar-refractivity contribution < 1.29 is 15.0 Å². The Hall–Kier alpha value is 0.160. The number of alkyl halides is 1. The zero-order valence-corrected chi connectivity index (χ0v) is 5.62. The van der Waals surface area contributed by atoms with Gasteiger partial charge in [0.25, 0.3) is 0 Å². The minimum Gasteiger partial charge on any atom is -0.480 e. The lowest BCUT2D eigenvalue weighted by molar-refractivity contribution is -0.136. The maximum atomic E-state index is 9.76. The predicted molar refractivity (Wildman–Crippen MR) is 32.5 cm³/mol. The summed E-state index contributed by atoms with van der Waals surface area (Å²) in [6.45, 7) is -0.296. The standard InChI is InChI=1S/C3H5IO3/c4-2(1-5)3(6)7/h2,5H,1H2,(H,6,7). The van der Waals surface area contributed by atoms with Crippen molar-refractivity contribution in [2.24, 2.45) is 0 Å². The molecule has 0 aromatic heterocycles. The number of halogens is 1. The number of aliphatic carboxylic acids is 1. The number of hydrogen-bond donors (Lipinski definition) is 2. The summed E-state index contributed by atoms with van der Waals surface area (Å²) in [5.41, 5.74) is 0. The van der Waals surface area contributed by atoms with Crippen LogP contribution in [-0.2, 0) is 4.79 Å². The van der Waals surface area contributed by atoms with E-state index in [1.165, 1.54) is 0 Å². The molecule has 0 saturated heterocycles. The molecular weight excluding hydrogens is 211 g/mol. The average molecular weight is 216 g/mol. The maximum Gasteiger partial charge on any atom is 0.318 e. The van der Waals surface area contributed by atoms with E-state index in [9.17, 15) is 4.79 Å². The van der Waals surface area contributed by atoms with Gasteiger partial charge in [-0.1, -0.05) is 22.6 Å². The molecule has 3 nitrogen and oxygen atoms in total. The highest BCUT2D eigenvalue weighted by Gasteiger charge is 2.08. The quantitative estimate of drug-likeness (QED) is 0.499. The molecule has 42 valence electrons. The second kappa shape index (κ2) is 3.20. The molecule has 0 fully saturated rings. The van der Waals surface area contributed by atoms with Gasteiger partial charge in [-0.3, -0.25) is 4.79 Å². The number of carbonyl (C=O) groups is 1. The molecule has 0 heterocycles. The van der Waals surface area contributed by atoms with Gasteiger partial charge in [0.15, 0.2) is 0 Å². The molecule has 1 atom stereocenters. The van der Waals surface area contributed by atoms with Crippen molar-refractivity contribution >= 4 is 28.6 Å². The van der Waals surface area contributed by atoms with Gasteiger partial charge in [-0.2, -0.15) is 0 Å². The van der Waals surface area contributed by atoms with Crippen LogP contribution in [0.25, 0.3) is 0 Å². The van der Waals surface area contributed by atoms with E-state index in [0.29, 0.717) is 0 Å². The first-order valence-electron chi connectivity index (χ1n) is 1.66. The van der Waals surface area contributed by atoms with Crippen molar-refractivity contribution in [3.63, 3.8) is 0 Å². The van der Waals surface area contributed by atoms with Crippen molar-refractivity contribution in [3.8, 4) is 0 Å². The summed E-state index contributed by atoms with van der Waals surface area (Å²) in [5, 5.41) is 16.1. The van der Waals surface area contributed by atoms with Gasteiger partial charge in [-0.15, -0.1) is 0 Å². The van der Waals surface area contributed by atoms with E-state index >= 15 is 0 Å². The smallest absolute Gasteiger partial charge is 0.318 e. The zero-order valence-electron chi connectivity index (χ0n) is 3.47. The van der Waals surface area contributed by atoms with Crippen LogP contribution in [0, 0.1) is 0 Å². The summed E-state index contributed by atoms with van der Waals surface area (Å²) in [4.78, 5) is 9.76. The van der Waals surface area contributed by atoms with Gasteiger partial charge in [-0.25, -0.2) is 0 Å². The topological polar surface area (TPSA) is 57.5 Å². The Labute approximate surface area is 54.5 Å². The summed E-state index contributed by atoms with van der Waals surface area (Å²) in [6, 6.07) is 0. The first-order chi connectivity index (χ1) is 3.18. The second-order valence-electron chi connectivity index (χ2n) is 0.988. The van der Waals surface area contributed by atoms with Crippen molar-refractivity contribution in [1.29, 1.82) is 0 Å². The molecule has 7 heavy (non-hydrogen) atoms. The molecule has 1 unspecified atom stereocenters. The first-order valence-corrected chi connectivity index (χ1v) is 2.90. The molecule has 0 aromatic carbocycles. The molecule has 4 heteroatoms. The molecule has 0 aromatic rings. The van der Waals surface area contributed by atoms with Crippen molar-refractivity contribution in [3.05, 3.63) is 0 Å². The fourth-order valence-corrected chi connectivity index (χ4v) is 0.0781. The molecule has 0 spiro atoms. The van der Waals surface area contributed by atoms with Crippen LogP contribution in [-0.4, -0.2) is 26.7 Å². The van der Waals surface area contributed by atoms with Crippen molar-refractivity contribution in [1.82, 2.24) is 0 Å². The van der Waals surface area contributed by atoms with Gasteiger partial charge in [0.2, 0.25) is 0 Å². The summed E-state index contributed by atoms with van der Waals surface area (Å²) < 4.78 is -0.655. The van der Waals surface area contributed by atoms with Gasteiger partial charge in [0, 0.05) is 0 Å². The van der Waals surface area contributed by atoms with Gasteiger partial charge >= 0.3 is 5.97 Å². The monoisotopic (exact) mass is 216 g/mol. The van der Waals surface area contributed by atoms with Crippen LogP contribution in [0.1, 0.15) is 0 Å². The summed E-state index contributed by atoms with van der Waals surface area (Å²) in [5.74, 6) is -0.969. The van der Waals surface area contributed by atoms with E-state index in [-0.39, 0.29) is 6.61 Å². The molecule has 0 saturated carbocycles. The third kappa shape index (κ3) is 2.81. The fourth-order valence-electron chi connectivity index (χ4n) is 0.0781. The Bertz CT molecular complexity index is 72.6. The molecular formula is C3H5IO3. The normalized spacial score (nSPS) is 13.4. The largest absolute Gasteiger partial charge is 0.480 e. The van der Waals surface area contributed by atoms with Crippen LogP contribution < -0.4 is 0 Å². The van der Waals surface area contributed by atoms with Crippen molar-refractivity contribution in [2.75, 3.05) is 6.61 Å². The van der Waals surface area contributed by atoms with Crippen molar-refractivity contribution in [2.45, 2.75) is 3.92 Å². The van der Waals surface area contributed by atoms with Crippen LogP contribution in [0.5, 0.6) is 0 Å². The molecule has 0 radical (unpaired) electrons. The van der Waals surface area contributed by atoms with E-state index in [1.54, 1.807) is 22.6 Å². The Kier molecular flexibility index (Phi) is 3.27. The van der Waals surface area contributed by atoms with E-state index in [0.717, 1.165) is 0 Å². The molecule has 0 aliphatic rings. The van der Waals surface area contributed by atoms with E-state index in [4.69, 9.17) is 10.2 Å². The number of aliphatic hydroxyl groups is 1. The van der Waals surface area contributed by atoms with E-state index in [1.807, 2.05) is 0 Å². The molecule has 2 N–H and O–H groups in total. The van der Waals surface area contributed by atoms with Crippen LogP contribution in [0.4, 0.5) is 0 Å². The second-order valence-corrected chi connectivity index (χ2v) is 2.49. The van der Waals surface area contributed by atoms with Gasteiger partial charge in [0.1, 0.15) is 3.92 Å². The third-order valence-corrected chi connectivity index (χ3v) is 1.35. The maximum absolute atomic E-state index is 9.76. The fraction of sp³-hybridized carbons (Fsp3) is 0.667. The molecule has 0 amide bonds. The molecule has 0 rings (SSSR count).